The Morgan fingerprint density at radius 2 is 2.11 bits per heavy atom. The number of nitrogens with one attached hydrogen (secondary N) is 1. The zero-order valence-electron chi connectivity index (χ0n) is 10.9. The number of hydrogen-bond acceptors (Lipinski definition) is 5. The molecular weight excluding hydrogens is 276 g/mol. The van der Waals surface area contributed by atoms with E-state index in [1.54, 1.807) is 0 Å². The summed E-state index contributed by atoms with van der Waals surface area (Å²) in [7, 11) is -2.06. The van der Waals surface area contributed by atoms with E-state index < -0.39 is 27.4 Å². The second-order valence-electron chi connectivity index (χ2n) is 4.62. The number of carboxylic acids is 1. The van der Waals surface area contributed by atoms with Crippen molar-refractivity contribution in [1.29, 1.82) is 0 Å². The van der Waals surface area contributed by atoms with Crippen molar-refractivity contribution >= 4 is 21.9 Å². The highest BCUT2D eigenvalue weighted by Gasteiger charge is 2.37. The highest BCUT2D eigenvalue weighted by Crippen LogP contribution is 2.13. The van der Waals surface area contributed by atoms with Gasteiger partial charge in [-0.25, -0.2) is 13.2 Å². The first-order chi connectivity index (χ1) is 8.71. The number of amides is 1. The van der Waals surface area contributed by atoms with Gasteiger partial charge in [0.05, 0.1) is 18.9 Å². The number of aliphatic carboxylic acids is 1. The van der Waals surface area contributed by atoms with E-state index in [2.05, 4.69) is 5.32 Å². The molecule has 8 nitrogen and oxygen atoms in total. The van der Waals surface area contributed by atoms with Crippen molar-refractivity contribution in [3.63, 3.8) is 0 Å². The molecule has 9 heteroatoms. The number of sulfonamides is 1. The lowest BCUT2D eigenvalue weighted by Gasteiger charge is -2.26. The maximum atomic E-state index is 11.7. The summed E-state index contributed by atoms with van der Waals surface area (Å²) < 4.78 is 28.9. The molecule has 0 aliphatic carbocycles. The van der Waals surface area contributed by atoms with Crippen molar-refractivity contribution in [3.8, 4) is 0 Å². The van der Waals surface area contributed by atoms with Crippen LogP contribution in [0.1, 0.15) is 13.3 Å². The second-order valence-corrected chi connectivity index (χ2v) is 6.71. The first kappa shape index (κ1) is 15.9. The minimum absolute atomic E-state index is 0.0224. The smallest absolute Gasteiger partial charge is 0.331 e. The SMILES string of the molecule is COCC(C)(NC(=O)CN1CCCS1(=O)=O)C(=O)O. The number of methoxy groups -OCH3 is 1. The van der Waals surface area contributed by atoms with Crippen LogP contribution < -0.4 is 5.32 Å². The molecular formula is C10H18N2O6S. The number of hydrogen-bond donors (Lipinski definition) is 2. The summed E-state index contributed by atoms with van der Waals surface area (Å²) >= 11 is 0. The largest absolute Gasteiger partial charge is 0.479 e. The van der Waals surface area contributed by atoms with Gasteiger partial charge in [-0.1, -0.05) is 0 Å². The van der Waals surface area contributed by atoms with Crippen molar-refractivity contribution in [2.75, 3.05) is 32.6 Å². The Balaban J connectivity index is 2.66. The Labute approximate surface area is 111 Å². The van der Waals surface area contributed by atoms with E-state index in [4.69, 9.17) is 9.84 Å². The molecule has 110 valence electrons. The fourth-order valence-electron chi connectivity index (χ4n) is 1.82. The van der Waals surface area contributed by atoms with E-state index in [1.165, 1.54) is 14.0 Å². The molecule has 1 saturated heterocycles. The number of rotatable bonds is 6. The molecule has 0 bridgehead atoms. The van der Waals surface area contributed by atoms with Crippen LogP contribution in [-0.2, 0) is 24.3 Å². The van der Waals surface area contributed by atoms with Gasteiger partial charge in [0.1, 0.15) is 0 Å². The van der Waals surface area contributed by atoms with Crippen molar-refractivity contribution in [3.05, 3.63) is 0 Å². The van der Waals surface area contributed by atoms with Gasteiger partial charge in [-0.05, 0) is 13.3 Å². The quantitative estimate of drug-likeness (QED) is 0.625. The normalized spacial score (nSPS) is 21.8. The van der Waals surface area contributed by atoms with Crippen LogP contribution in [0.2, 0.25) is 0 Å². The Bertz CT molecular complexity index is 463. The molecule has 1 aliphatic heterocycles. The third-order valence-corrected chi connectivity index (χ3v) is 4.75. The number of nitrogens with zero attached hydrogens (tertiary/aromatic N) is 1. The zero-order valence-corrected chi connectivity index (χ0v) is 11.7. The van der Waals surface area contributed by atoms with E-state index in [-0.39, 0.29) is 25.4 Å². The molecule has 19 heavy (non-hydrogen) atoms. The summed E-state index contributed by atoms with van der Waals surface area (Å²) in [4.78, 5) is 22.8. The summed E-state index contributed by atoms with van der Waals surface area (Å²) in [5, 5.41) is 11.3. The van der Waals surface area contributed by atoms with Gasteiger partial charge in [-0.15, -0.1) is 0 Å². The molecule has 1 fully saturated rings. The fraction of sp³-hybridized carbons (Fsp3) is 0.800. The van der Waals surface area contributed by atoms with E-state index in [0.29, 0.717) is 6.42 Å². The summed E-state index contributed by atoms with van der Waals surface area (Å²) in [5.41, 5.74) is -1.57. The van der Waals surface area contributed by atoms with Crippen LogP contribution >= 0.6 is 0 Å². The minimum atomic E-state index is -3.38. The van der Waals surface area contributed by atoms with Crippen molar-refractivity contribution < 1.29 is 27.9 Å². The molecule has 0 spiro atoms. The summed E-state index contributed by atoms with van der Waals surface area (Å²) in [5.74, 6) is -1.88. The van der Waals surface area contributed by atoms with Gasteiger partial charge >= 0.3 is 5.97 Å². The van der Waals surface area contributed by atoms with Crippen molar-refractivity contribution in [2.24, 2.45) is 0 Å². The van der Waals surface area contributed by atoms with E-state index in [0.717, 1.165) is 4.31 Å². The molecule has 1 amide bonds. The summed E-state index contributed by atoms with van der Waals surface area (Å²) in [6.45, 7) is 1.01. The predicted octanol–water partition coefficient (Wildman–Crippen LogP) is -1.37. The predicted molar refractivity (Wildman–Crippen MR) is 66.0 cm³/mol. The highest BCUT2D eigenvalue weighted by molar-refractivity contribution is 7.89. The number of carboxylic acid groups (broad SMARTS) is 1. The molecule has 2 N–H and O–H groups in total. The maximum absolute atomic E-state index is 11.7. The lowest BCUT2D eigenvalue weighted by Crippen LogP contribution is -2.57. The molecule has 0 aromatic carbocycles. The Kier molecular flexibility index (Phi) is 4.88. The van der Waals surface area contributed by atoms with Crippen LogP contribution in [0.4, 0.5) is 0 Å². The minimum Gasteiger partial charge on any atom is -0.479 e. The van der Waals surface area contributed by atoms with Gasteiger partial charge in [0, 0.05) is 13.7 Å². The van der Waals surface area contributed by atoms with Crippen molar-refractivity contribution in [2.45, 2.75) is 18.9 Å². The van der Waals surface area contributed by atoms with Crippen LogP contribution in [0, 0.1) is 0 Å². The molecule has 0 aromatic heterocycles. The van der Waals surface area contributed by atoms with Crippen LogP contribution in [0.25, 0.3) is 0 Å². The van der Waals surface area contributed by atoms with Gasteiger partial charge in [-0.3, -0.25) is 4.79 Å². The Morgan fingerprint density at radius 3 is 2.53 bits per heavy atom. The molecule has 1 unspecified atom stereocenters. The summed E-state index contributed by atoms with van der Waals surface area (Å²) in [6.07, 6.45) is 0.476. The fourth-order valence-corrected chi connectivity index (χ4v) is 3.29. The maximum Gasteiger partial charge on any atom is 0.331 e. The van der Waals surface area contributed by atoms with Crippen LogP contribution in [-0.4, -0.2) is 67.8 Å². The third-order valence-electron chi connectivity index (χ3n) is 2.84. The molecule has 0 aromatic rings. The molecule has 0 saturated carbocycles. The summed E-state index contributed by atoms with van der Waals surface area (Å²) in [6, 6.07) is 0. The van der Waals surface area contributed by atoms with E-state index in [9.17, 15) is 18.0 Å². The number of carbonyl (C=O) groups is 2. The van der Waals surface area contributed by atoms with Gasteiger partial charge < -0.3 is 15.2 Å². The average Bonchev–Trinajstić information content (AvgIpc) is 2.58. The van der Waals surface area contributed by atoms with Crippen LogP contribution in [0.5, 0.6) is 0 Å². The van der Waals surface area contributed by atoms with Gasteiger partial charge in [-0.2, -0.15) is 4.31 Å². The van der Waals surface area contributed by atoms with Crippen LogP contribution in [0.15, 0.2) is 0 Å². The first-order valence-electron chi connectivity index (χ1n) is 5.72. The zero-order chi connectivity index (χ0) is 14.7. The third kappa shape index (κ3) is 3.88. The van der Waals surface area contributed by atoms with E-state index in [1.807, 2.05) is 0 Å². The number of ether oxygens (including phenoxy) is 1. The highest BCUT2D eigenvalue weighted by atomic mass is 32.2. The van der Waals surface area contributed by atoms with Gasteiger partial charge in [0.15, 0.2) is 5.54 Å². The standard InChI is InChI=1S/C10H18N2O6S/c1-10(7-18-2,9(14)15)11-8(13)6-12-4-3-5-19(12,16)17/h3-7H2,1-2H3,(H,11,13)(H,14,15). The molecule has 1 atom stereocenters. The molecule has 0 radical (unpaired) electrons. The second kappa shape index (κ2) is 5.85. The monoisotopic (exact) mass is 294 g/mol. The lowest BCUT2D eigenvalue weighted by molar-refractivity contribution is -0.149. The molecule has 1 aliphatic rings. The molecule has 1 heterocycles. The number of carbonyl (C=O) groups excluding carboxylic acids is 1. The average molecular weight is 294 g/mol. The van der Waals surface area contributed by atoms with Crippen LogP contribution in [0.3, 0.4) is 0 Å². The molecule has 1 rings (SSSR count). The van der Waals surface area contributed by atoms with Gasteiger partial charge in [0.25, 0.3) is 0 Å². The van der Waals surface area contributed by atoms with E-state index >= 15 is 0 Å². The Morgan fingerprint density at radius 1 is 1.47 bits per heavy atom. The Hall–Kier alpha value is -1.19. The van der Waals surface area contributed by atoms with Gasteiger partial charge in [0.2, 0.25) is 15.9 Å². The topological polar surface area (TPSA) is 113 Å². The first-order valence-corrected chi connectivity index (χ1v) is 7.33. The van der Waals surface area contributed by atoms with Crippen molar-refractivity contribution in [1.82, 2.24) is 9.62 Å². The lowest BCUT2D eigenvalue weighted by atomic mass is 10.0.